The van der Waals surface area contributed by atoms with Gasteiger partial charge in [-0.2, -0.15) is 0 Å². The molecule has 0 spiro atoms. The van der Waals surface area contributed by atoms with Crippen LogP contribution in [0.25, 0.3) is 0 Å². The van der Waals surface area contributed by atoms with Crippen molar-refractivity contribution in [1.29, 1.82) is 0 Å². The molecule has 154 valence electrons. The summed E-state index contributed by atoms with van der Waals surface area (Å²) in [6, 6.07) is 13.8. The lowest BCUT2D eigenvalue weighted by Gasteiger charge is -2.20. The van der Waals surface area contributed by atoms with Gasteiger partial charge < -0.3 is 9.47 Å². The van der Waals surface area contributed by atoms with E-state index in [0.717, 1.165) is 19.3 Å². The molecule has 2 amide bonds. The summed E-state index contributed by atoms with van der Waals surface area (Å²) in [4.78, 5) is 40.1. The molecule has 1 heterocycles. The molecule has 2 aliphatic carbocycles. The van der Waals surface area contributed by atoms with Gasteiger partial charge >= 0.3 is 0 Å². The summed E-state index contributed by atoms with van der Waals surface area (Å²) >= 11 is 0. The zero-order valence-corrected chi connectivity index (χ0v) is 16.7. The Balaban J connectivity index is 1.35. The number of ether oxygens (including phenoxy) is 2. The molecule has 5 rings (SSSR count). The highest BCUT2D eigenvalue weighted by atomic mass is 16.5. The first kappa shape index (κ1) is 18.9. The molecule has 0 N–H and O–H groups in total. The number of ketones is 1. The number of carbonyl (C=O) groups excluding carboxylic acids is 3. The number of amides is 2. The van der Waals surface area contributed by atoms with E-state index in [4.69, 9.17) is 9.47 Å². The number of rotatable bonds is 6. The van der Waals surface area contributed by atoms with E-state index in [1.165, 1.54) is 4.90 Å². The van der Waals surface area contributed by atoms with E-state index in [-0.39, 0.29) is 36.0 Å². The highest BCUT2D eigenvalue weighted by molar-refractivity contribution is 6.23. The van der Waals surface area contributed by atoms with Crippen molar-refractivity contribution in [1.82, 2.24) is 0 Å². The third kappa shape index (κ3) is 2.90. The fraction of sp³-hybridized carbons (Fsp3) is 0.375. The summed E-state index contributed by atoms with van der Waals surface area (Å²) < 4.78 is 10.9. The Kier molecular flexibility index (Phi) is 4.57. The molecule has 1 saturated heterocycles. The van der Waals surface area contributed by atoms with Gasteiger partial charge in [-0.1, -0.05) is 12.1 Å². The van der Waals surface area contributed by atoms with Crippen molar-refractivity contribution in [2.24, 2.45) is 23.7 Å². The molecular weight excluding hydrogens is 382 g/mol. The van der Waals surface area contributed by atoms with E-state index in [2.05, 4.69) is 0 Å². The number of para-hydroxylation sites is 2. The molecule has 2 aromatic carbocycles. The first-order valence-electron chi connectivity index (χ1n) is 10.4. The van der Waals surface area contributed by atoms with Crippen molar-refractivity contribution >= 4 is 23.3 Å². The number of methoxy groups -OCH3 is 1. The third-order valence-electron chi connectivity index (χ3n) is 6.80. The van der Waals surface area contributed by atoms with Crippen LogP contribution >= 0.6 is 0 Å². The average molecular weight is 405 g/mol. The molecule has 2 aromatic rings. The number of nitrogens with zero attached hydrogens (tertiary/aromatic N) is 1. The van der Waals surface area contributed by atoms with Crippen molar-refractivity contribution in [3.05, 3.63) is 54.1 Å². The Labute approximate surface area is 174 Å². The van der Waals surface area contributed by atoms with Gasteiger partial charge in [-0.05, 0) is 67.5 Å². The lowest BCUT2D eigenvalue weighted by molar-refractivity contribution is -0.123. The van der Waals surface area contributed by atoms with Crippen LogP contribution < -0.4 is 14.4 Å². The number of fused-ring (bicyclic) bond motifs is 5. The maximum absolute atomic E-state index is 13.1. The summed E-state index contributed by atoms with van der Waals surface area (Å²) in [6.45, 7) is -0.183. The number of hydrogen-bond acceptors (Lipinski definition) is 5. The van der Waals surface area contributed by atoms with E-state index in [1.807, 2.05) is 0 Å². The number of anilines is 1. The van der Waals surface area contributed by atoms with Gasteiger partial charge in [0.25, 0.3) is 0 Å². The van der Waals surface area contributed by atoms with E-state index in [9.17, 15) is 14.4 Å². The summed E-state index contributed by atoms with van der Waals surface area (Å²) in [5.41, 5.74) is 0.941. The summed E-state index contributed by atoms with van der Waals surface area (Å²) in [5, 5.41) is 0. The van der Waals surface area contributed by atoms with Crippen molar-refractivity contribution in [2.45, 2.75) is 19.3 Å². The Bertz CT molecular complexity index is 987. The number of hydrogen-bond donors (Lipinski definition) is 0. The molecule has 0 radical (unpaired) electrons. The molecule has 2 bridgehead atoms. The van der Waals surface area contributed by atoms with Crippen LogP contribution in [0.1, 0.15) is 29.6 Å². The van der Waals surface area contributed by atoms with Gasteiger partial charge in [0.1, 0.15) is 11.5 Å². The van der Waals surface area contributed by atoms with Gasteiger partial charge in [0.05, 0.1) is 24.6 Å². The van der Waals surface area contributed by atoms with E-state index < -0.39 is 0 Å². The van der Waals surface area contributed by atoms with Crippen molar-refractivity contribution in [2.75, 3.05) is 18.6 Å². The van der Waals surface area contributed by atoms with Gasteiger partial charge in [-0.3, -0.25) is 14.4 Å². The van der Waals surface area contributed by atoms with Crippen molar-refractivity contribution < 1.29 is 23.9 Å². The van der Waals surface area contributed by atoms with Gasteiger partial charge in [0, 0.05) is 5.56 Å². The molecule has 4 atom stereocenters. The number of carbonyl (C=O) groups is 3. The Morgan fingerprint density at radius 3 is 2.23 bits per heavy atom. The van der Waals surface area contributed by atoms with Crippen LogP contribution in [0.5, 0.6) is 11.5 Å². The van der Waals surface area contributed by atoms with Gasteiger partial charge in [0.2, 0.25) is 11.8 Å². The van der Waals surface area contributed by atoms with Crippen molar-refractivity contribution in [3.63, 3.8) is 0 Å². The predicted molar refractivity (Wildman–Crippen MR) is 110 cm³/mol. The van der Waals surface area contributed by atoms with Crippen LogP contribution in [0.2, 0.25) is 0 Å². The Morgan fingerprint density at radius 2 is 1.60 bits per heavy atom. The second-order valence-corrected chi connectivity index (χ2v) is 8.30. The Morgan fingerprint density at radius 1 is 0.967 bits per heavy atom. The lowest BCUT2D eigenvalue weighted by Crippen LogP contribution is -2.33. The fourth-order valence-electron chi connectivity index (χ4n) is 5.41. The first-order valence-corrected chi connectivity index (χ1v) is 10.4. The molecule has 6 nitrogen and oxygen atoms in total. The maximum atomic E-state index is 13.1. The minimum atomic E-state index is -0.193. The van der Waals surface area contributed by atoms with Crippen LogP contribution in [0.4, 0.5) is 5.69 Å². The zero-order valence-electron chi connectivity index (χ0n) is 16.7. The van der Waals surface area contributed by atoms with Crippen LogP contribution in [0.15, 0.2) is 48.5 Å². The Hall–Kier alpha value is -3.15. The monoisotopic (exact) mass is 405 g/mol. The van der Waals surface area contributed by atoms with Gasteiger partial charge in [-0.15, -0.1) is 0 Å². The fourth-order valence-corrected chi connectivity index (χ4v) is 5.41. The third-order valence-corrected chi connectivity index (χ3v) is 6.80. The second-order valence-electron chi connectivity index (χ2n) is 8.30. The number of Topliss-reactive ketones (excluding diaryl/α,β-unsaturated/α-hetero) is 1. The highest BCUT2D eigenvalue weighted by Gasteiger charge is 2.61. The van der Waals surface area contributed by atoms with Crippen molar-refractivity contribution in [3.8, 4) is 11.5 Å². The summed E-state index contributed by atoms with van der Waals surface area (Å²) in [5.74, 6) is 0.885. The van der Waals surface area contributed by atoms with Gasteiger partial charge in [0.15, 0.2) is 12.4 Å². The molecular formula is C24H23NO5. The number of benzene rings is 2. The van der Waals surface area contributed by atoms with Gasteiger partial charge in [-0.25, -0.2) is 4.90 Å². The maximum Gasteiger partial charge on any atom is 0.238 e. The average Bonchev–Trinajstić information content (AvgIpc) is 3.46. The molecule has 0 aromatic heterocycles. The topological polar surface area (TPSA) is 72.9 Å². The minimum absolute atomic E-state index is 0.116. The first-order chi connectivity index (χ1) is 14.6. The SMILES string of the molecule is COc1ccc(C(=O)COc2ccccc2N2C(=O)[C@@H]3[C@H]4CC[C@@H](C4)[C@@H]3C2=O)cc1. The lowest BCUT2D eigenvalue weighted by atomic mass is 9.81. The predicted octanol–water partition coefficient (Wildman–Crippen LogP) is 3.49. The largest absolute Gasteiger partial charge is 0.497 e. The minimum Gasteiger partial charge on any atom is -0.497 e. The molecule has 30 heavy (non-hydrogen) atoms. The van der Waals surface area contributed by atoms with Crippen LogP contribution in [-0.4, -0.2) is 31.3 Å². The zero-order chi connectivity index (χ0) is 20.8. The molecule has 2 saturated carbocycles. The molecule has 0 unspecified atom stereocenters. The van der Waals surface area contributed by atoms with Crippen LogP contribution in [0, 0.1) is 23.7 Å². The van der Waals surface area contributed by atoms with Crippen LogP contribution in [-0.2, 0) is 9.59 Å². The normalized spacial score (nSPS) is 26.8. The standard InChI is InChI=1S/C24H23NO5/c1-29-17-10-8-14(9-11-17)19(26)13-30-20-5-3-2-4-18(20)25-23(27)21-15-6-7-16(12-15)22(21)24(25)28/h2-5,8-11,15-16,21-22H,6-7,12-13H2,1H3/t15-,16-,21-,22+/m0/s1. The van der Waals surface area contributed by atoms with E-state index in [1.54, 1.807) is 55.6 Å². The molecule has 3 fully saturated rings. The number of imide groups is 1. The quantitative estimate of drug-likeness (QED) is 0.543. The summed E-state index contributed by atoms with van der Waals surface area (Å²) in [7, 11) is 1.57. The summed E-state index contributed by atoms with van der Waals surface area (Å²) in [6.07, 6.45) is 3.07. The van der Waals surface area contributed by atoms with E-state index >= 15 is 0 Å². The second kappa shape index (κ2) is 7.27. The molecule has 1 aliphatic heterocycles. The smallest absolute Gasteiger partial charge is 0.238 e. The van der Waals surface area contributed by atoms with Crippen LogP contribution in [0.3, 0.4) is 0 Å². The molecule has 6 heteroatoms. The van der Waals surface area contributed by atoms with E-state index in [0.29, 0.717) is 34.6 Å². The highest BCUT2D eigenvalue weighted by Crippen LogP contribution is 2.57. The molecule has 3 aliphatic rings.